The second-order valence-corrected chi connectivity index (χ2v) is 5.42. The highest BCUT2D eigenvalue weighted by atomic mass is 79.9. The summed E-state index contributed by atoms with van der Waals surface area (Å²) in [6.45, 7) is 0. The Morgan fingerprint density at radius 3 is 2.42 bits per heavy atom. The Labute approximate surface area is 132 Å². The second-order valence-electron chi connectivity index (χ2n) is 3.41. The van der Waals surface area contributed by atoms with E-state index in [1.54, 1.807) is 12.1 Å². The summed E-state index contributed by atoms with van der Waals surface area (Å²) in [5.41, 5.74) is 0.506. The van der Waals surface area contributed by atoms with Gasteiger partial charge in [0.1, 0.15) is 12.0 Å². The summed E-state index contributed by atoms with van der Waals surface area (Å²) in [5, 5.41) is 3.11. The zero-order valence-corrected chi connectivity index (χ0v) is 13.0. The topological polar surface area (TPSA) is 54.9 Å². The maximum absolute atomic E-state index is 12.1. The van der Waals surface area contributed by atoms with Gasteiger partial charge in [0, 0.05) is 9.50 Å². The number of aromatic nitrogens is 2. The molecule has 0 atom stereocenters. The predicted molar refractivity (Wildman–Crippen MR) is 79.2 cm³/mol. The molecule has 2 rings (SSSR count). The number of rotatable bonds is 2. The van der Waals surface area contributed by atoms with Gasteiger partial charge in [-0.25, -0.2) is 9.97 Å². The average molecular weight is 381 g/mol. The molecule has 0 aliphatic rings. The summed E-state index contributed by atoms with van der Waals surface area (Å²) in [6.07, 6.45) is 1.20. The van der Waals surface area contributed by atoms with Crippen LogP contribution < -0.4 is 5.32 Å². The second kappa shape index (κ2) is 6.05. The van der Waals surface area contributed by atoms with Crippen LogP contribution in [0.4, 0.5) is 5.69 Å². The Morgan fingerprint density at radius 2 is 1.79 bits per heavy atom. The standard InChI is InChI=1S/C11H5BrCl3N3O/c12-7-2-1-5(13)3-6(7)11(19)18-8-9(14)16-4-17-10(8)15/h1-4H,(H,18,19). The number of amides is 1. The van der Waals surface area contributed by atoms with E-state index in [-0.39, 0.29) is 16.0 Å². The molecule has 0 aliphatic carbocycles. The van der Waals surface area contributed by atoms with E-state index in [1.807, 2.05) is 0 Å². The highest BCUT2D eigenvalue weighted by Gasteiger charge is 2.15. The molecular weight excluding hydrogens is 376 g/mol. The summed E-state index contributed by atoms with van der Waals surface area (Å²) in [5.74, 6) is -0.423. The molecule has 4 nitrogen and oxygen atoms in total. The van der Waals surface area contributed by atoms with Crippen molar-refractivity contribution in [3.63, 3.8) is 0 Å². The molecule has 1 heterocycles. The van der Waals surface area contributed by atoms with Crippen LogP contribution >= 0.6 is 50.7 Å². The number of anilines is 1. The van der Waals surface area contributed by atoms with Crippen LogP contribution in [0.3, 0.4) is 0 Å². The van der Waals surface area contributed by atoms with Gasteiger partial charge in [0.2, 0.25) is 0 Å². The molecule has 0 saturated carbocycles. The molecule has 0 spiro atoms. The summed E-state index contributed by atoms with van der Waals surface area (Å²) in [7, 11) is 0. The van der Waals surface area contributed by atoms with E-state index in [2.05, 4.69) is 31.2 Å². The molecule has 8 heteroatoms. The summed E-state index contributed by atoms with van der Waals surface area (Å²) in [4.78, 5) is 19.6. The summed E-state index contributed by atoms with van der Waals surface area (Å²) >= 11 is 20.8. The molecule has 98 valence electrons. The summed E-state index contributed by atoms with van der Waals surface area (Å²) < 4.78 is 0.596. The first-order chi connectivity index (χ1) is 8.99. The Balaban J connectivity index is 2.34. The Hall–Kier alpha value is -0.880. The minimum atomic E-state index is -0.423. The van der Waals surface area contributed by atoms with Gasteiger partial charge in [-0.2, -0.15) is 0 Å². The third-order valence-corrected chi connectivity index (χ3v) is 3.67. The lowest BCUT2D eigenvalue weighted by Crippen LogP contribution is -2.14. The van der Waals surface area contributed by atoms with Crippen molar-refractivity contribution in [1.29, 1.82) is 0 Å². The first kappa shape index (κ1) is 14.5. The minimum Gasteiger partial charge on any atom is -0.317 e. The number of carbonyl (C=O) groups excluding carboxylic acids is 1. The minimum absolute atomic E-state index is 0.0616. The van der Waals surface area contributed by atoms with Crippen LogP contribution in [-0.2, 0) is 0 Å². The van der Waals surface area contributed by atoms with Crippen molar-refractivity contribution in [2.75, 3.05) is 5.32 Å². The summed E-state index contributed by atoms with van der Waals surface area (Å²) in [6, 6.07) is 4.85. The molecule has 0 fully saturated rings. The van der Waals surface area contributed by atoms with Gasteiger partial charge in [0.05, 0.1) is 5.56 Å². The Bertz CT molecular complexity index is 631. The number of hydrogen-bond acceptors (Lipinski definition) is 3. The van der Waals surface area contributed by atoms with E-state index in [1.165, 1.54) is 12.4 Å². The van der Waals surface area contributed by atoms with Crippen LogP contribution in [0.5, 0.6) is 0 Å². The zero-order chi connectivity index (χ0) is 14.0. The van der Waals surface area contributed by atoms with Gasteiger partial charge in [-0.3, -0.25) is 4.79 Å². The number of benzene rings is 1. The van der Waals surface area contributed by atoms with Crippen LogP contribution in [0.15, 0.2) is 29.0 Å². The van der Waals surface area contributed by atoms with Gasteiger partial charge in [0.15, 0.2) is 10.3 Å². The molecule has 0 unspecified atom stereocenters. The zero-order valence-electron chi connectivity index (χ0n) is 9.12. The van der Waals surface area contributed by atoms with E-state index in [9.17, 15) is 4.79 Å². The van der Waals surface area contributed by atoms with Crippen LogP contribution in [0.2, 0.25) is 15.3 Å². The van der Waals surface area contributed by atoms with Crippen LogP contribution in [0.25, 0.3) is 0 Å². The fourth-order valence-corrected chi connectivity index (χ4v) is 2.31. The number of hydrogen-bond donors (Lipinski definition) is 1. The first-order valence-electron chi connectivity index (χ1n) is 4.91. The lowest BCUT2D eigenvalue weighted by Gasteiger charge is -2.09. The van der Waals surface area contributed by atoms with Crippen molar-refractivity contribution in [3.8, 4) is 0 Å². The van der Waals surface area contributed by atoms with Crippen LogP contribution in [0, 0.1) is 0 Å². The van der Waals surface area contributed by atoms with Crippen LogP contribution in [0.1, 0.15) is 10.4 Å². The number of nitrogens with one attached hydrogen (secondary N) is 1. The molecule has 1 amide bonds. The highest BCUT2D eigenvalue weighted by Crippen LogP contribution is 2.28. The Morgan fingerprint density at radius 1 is 1.16 bits per heavy atom. The van der Waals surface area contributed by atoms with Gasteiger partial charge >= 0.3 is 0 Å². The highest BCUT2D eigenvalue weighted by molar-refractivity contribution is 9.10. The van der Waals surface area contributed by atoms with Crippen molar-refractivity contribution >= 4 is 62.3 Å². The normalized spacial score (nSPS) is 10.3. The van der Waals surface area contributed by atoms with Gasteiger partial charge in [-0.05, 0) is 34.1 Å². The monoisotopic (exact) mass is 379 g/mol. The van der Waals surface area contributed by atoms with Crippen molar-refractivity contribution in [3.05, 3.63) is 49.9 Å². The van der Waals surface area contributed by atoms with Crippen molar-refractivity contribution in [1.82, 2.24) is 9.97 Å². The lowest BCUT2D eigenvalue weighted by atomic mass is 10.2. The van der Waals surface area contributed by atoms with Crippen molar-refractivity contribution < 1.29 is 4.79 Å². The van der Waals surface area contributed by atoms with E-state index in [4.69, 9.17) is 34.8 Å². The van der Waals surface area contributed by atoms with Gasteiger partial charge < -0.3 is 5.32 Å². The van der Waals surface area contributed by atoms with E-state index < -0.39 is 5.91 Å². The quantitative estimate of drug-likeness (QED) is 0.782. The third kappa shape index (κ3) is 3.36. The van der Waals surface area contributed by atoms with E-state index in [0.717, 1.165) is 0 Å². The molecular formula is C11H5BrCl3N3O. The lowest BCUT2D eigenvalue weighted by molar-refractivity contribution is 0.102. The third-order valence-electron chi connectivity index (χ3n) is 2.17. The molecule has 1 N–H and O–H groups in total. The fraction of sp³-hybridized carbons (Fsp3) is 0. The van der Waals surface area contributed by atoms with Gasteiger partial charge in [-0.1, -0.05) is 34.8 Å². The van der Waals surface area contributed by atoms with Gasteiger partial charge in [0.25, 0.3) is 5.91 Å². The van der Waals surface area contributed by atoms with E-state index >= 15 is 0 Å². The SMILES string of the molecule is O=C(Nc1c(Cl)ncnc1Cl)c1cc(Cl)ccc1Br. The van der Waals surface area contributed by atoms with Crippen molar-refractivity contribution in [2.24, 2.45) is 0 Å². The fourth-order valence-electron chi connectivity index (χ4n) is 1.30. The first-order valence-corrected chi connectivity index (χ1v) is 6.84. The predicted octanol–water partition coefficient (Wildman–Crippen LogP) is 4.45. The molecule has 1 aromatic carbocycles. The molecule has 1 aromatic heterocycles. The average Bonchev–Trinajstić information content (AvgIpc) is 2.37. The maximum atomic E-state index is 12.1. The van der Waals surface area contributed by atoms with Gasteiger partial charge in [-0.15, -0.1) is 0 Å². The molecule has 0 aliphatic heterocycles. The molecule has 19 heavy (non-hydrogen) atoms. The largest absolute Gasteiger partial charge is 0.317 e. The van der Waals surface area contributed by atoms with E-state index in [0.29, 0.717) is 15.1 Å². The molecule has 0 radical (unpaired) electrons. The van der Waals surface area contributed by atoms with Crippen molar-refractivity contribution in [2.45, 2.75) is 0 Å². The molecule has 0 bridgehead atoms. The maximum Gasteiger partial charge on any atom is 0.257 e. The van der Waals surface area contributed by atoms with Crippen LogP contribution in [-0.4, -0.2) is 15.9 Å². The smallest absolute Gasteiger partial charge is 0.257 e. The number of halogens is 4. The Kier molecular flexibility index (Phi) is 4.62. The molecule has 2 aromatic rings. The molecule has 0 saturated heterocycles. The number of nitrogens with zero attached hydrogens (tertiary/aromatic N) is 2. The number of carbonyl (C=O) groups is 1.